The molecule has 2 aromatic carbocycles. The number of rotatable bonds is 5. The number of hydrogen-bond donors (Lipinski definition) is 0. The topological polar surface area (TPSA) is 94.5 Å². The lowest BCUT2D eigenvalue weighted by molar-refractivity contribution is -0.385. The number of nitrogens with zero attached hydrogens (tertiary/aromatic N) is 4. The minimum absolute atomic E-state index is 0.0101. The maximum atomic E-state index is 11.2. The van der Waals surface area contributed by atoms with Crippen LogP contribution in [0.15, 0.2) is 36.4 Å². The Balaban J connectivity index is 1.82. The second-order valence-electron chi connectivity index (χ2n) is 6.97. The molecule has 0 bridgehead atoms. The van der Waals surface area contributed by atoms with Crippen LogP contribution in [0.4, 0.5) is 11.4 Å². The largest absolute Gasteiger partial charge is 0.339 e. The molecule has 0 N–H and O–H groups in total. The minimum Gasteiger partial charge on any atom is -0.339 e. The van der Waals surface area contributed by atoms with Gasteiger partial charge in [-0.05, 0) is 38.1 Å². The number of non-ortho nitro benzene ring substituents is 2. The van der Waals surface area contributed by atoms with E-state index >= 15 is 0 Å². The molecular weight excluding hydrogens is 348 g/mol. The van der Waals surface area contributed by atoms with Gasteiger partial charge in [-0.3, -0.25) is 20.2 Å². The summed E-state index contributed by atoms with van der Waals surface area (Å²) in [6.07, 6.45) is 3.70. The van der Waals surface area contributed by atoms with Gasteiger partial charge >= 0.3 is 0 Å². The molecule has 1 aromatic heterocycles. The highest BCUT2D eigenvalue weighted by atomic mass is 16.6. The van der Waals surface area contributed by atoms with Gasteiger partial charge in [-0.15, -0.1) is 0 Å². The van der Waals surface area contributed by atoms with Crippen molar-refractivity contribution in [2.24, 2.45) is 0 Å². The fraction of sp³-hybridized carbons (Fsp3) is 0.368. The average molecular weight is 368 g/mol. The molecular formula is C19H20N4O4. The average Bonchev–Trinajstić information content (AvgIpc) is 2.99. The van der Waals surface area contributed by atoms with E-state index in [9.17, 15) is 20.2 Å². The molecule has 0 spiro atoms. The van der Waals surface area contributed by atoms with Gasteiger partial charge < -0.3 is 9.47 Å². The third-order valence-corrected chi connectivity index (χ3v) is 5.34. The highest BCUT2D eigenvalue weighted by Gasteiger charge is 2.18. The summed E-state index contributed by atoms with van der Waals surface area (Å²) in [5, 5.41) is 23.7. The lowest BCUT2D eigenvalue weighted by Gasteiger charge is -2.26. The lowest BCUT2D eigenvalue weighted by atomic mass is 10.1. The third kappa shape index (κ3) is 3.23. The van der Waals surface area contributed by atoms with Gasteiger partial charge in [0, 0.05) is 59.2 Å². The van der Waals surface area contributed by atoms with Crippen molar-refractivity contribution >= 4 is 33.2 Å². The fourth-order valence-electron chi connectivity index (χ4n) is 3.97. The first-order chi connectivity index (χ1) is 13.0. The Morgan fingerprint density at radius 3 is 1.78 bits per heavy atom. The van der Waals surface area contributed by atoms with Gasteiger partial charge in [-0.1, -0.05) is 6.42 Å². The van der Waals surface area contributed by atoms with Crippen LogP contribution in [0.25, 0.3) is 21.8 Å². The maximum Gasteiger partial charge on any atom is 0.270 e. The predicted octanol–water partition coefficient (Wildman–Crippen LogP) is 4.10. The second kappa shape index (κ2) is 6.96. The van der Waals surface area contributed by atoms with Gasteiger partial charge in [0.05, 0.1) is 9.85 Å². The molecule has 0 unspecified atom stereocenters. The highest BCUT2D eigenvalue weighted by molar-refractivity contribution is 6.09. The summed E-state index contributed by atoms with van der Waals surface area (Å²) < 4.78 is 2.12. The van der Waals surface area contributed by atoms with Crippen LogP contribution in [0.2, 0.25) is 0 Å². The van der Waals surface area contributed by atoms with Crippen LogP contribution < -0.4 is 0 Å². The lowest BCUT2D eigenvalue weighted by Crippen LogP contribution is -2.32. The van der Waals surface area contributed by atoms with E-state index in [1.165, 1.54) is 43.5 Å². The number of hydrogen-bond acceptors (Lipinski definition) is 5. The Labute approximate surface area is 155 Å². The van der Waals surface area contributed by atoms with Gasteiger partial charge in [0.1, 0.15) is 0 Å². The minimum atomic E-state index is -0.437. The van der Waals surface area contributed by atoms with E-state index in [1.54, 1.807) is 12.1 Å². The van der Waals surface area contributed by atoms with Crippen molar-refractivity contribution in [3.8, 4) is 0 Å². The molecule has 0 atom stereocenters. The molecule has 27 heavy (non-hydrogen) atoms. The number of aromatic nitrogens is 1. The molecule has 0 aliphatic carbocycles. The molecule has 1 aliphatic heterocycles. The first-order valence-corrected chi connectivity index (χ1v) is 9.12. The SMILES string of the molecule is O=[N+]([O-])c1ccc2c(c1)c1cc([N+](=O)[O-])ccc1n2CCN1CCCCC1. The zero-order valence-electron chi connectivity index (χ0n) is 14.8. The standard InChI is InChI=1S/C19H20N4O4/c24-22(25)14-4-6-18-16(12-14)17-13-15(23(26)27)5-7-19(17)21(18)11-10-20-8-2-1-3-9-20/h4-7,12-13H,1-3,8-11H2. The third-order valence-electron chi connectivity index (χ3n) is 5.34. The maximum absolute atomic E-state index is 11.2. The van der Waals surface area contributed by atoms with Gasteiger partial charge in [0.25, 0.3) is 11.4 Å². The number of piperidine rings is 1. The van der Waals surface area contributed by atoms with E-state index in [0.29, 0.717) is 10.8 Å². The Bertz CT molecular complexity index is 966. The molecule has 1 aliphatic rings. The monoisotopic (exact) mass is 368 g/mol. The Morgan fingerprint density at radius 1 is 0.778 bits per heavy atom. The zero-order chi connectivity index (χ0) is 19.0. The Hall–Kier alpha value is -3.00. The Kier molecular flexibility index (Phi) is 4.49. The molecule has 8 nitrogen and oxygen atoms in total. The molecule has 0 amide bonds. The first-order valence-electron chi connectivity index (χ1n) is 9.12. The summed E-state index contributed by atoms with van der Waals surface area (Å²) >= 11 is 0. The van der Waals surface area contributed by atoms with Crippen molar-refractivity contribution < 1.29 is 9.85 Å². The van der Waals surface area contributed by atoms with Crippen LogP contribution >= 0.6 is 0 Å². The van der Waals surface area contributed by atoms with Gasteiger partial charge in [-0.25, -0.2) is 0 Å². The van der Waals surface area contributed by atoms with Gasteiger partial charge in [-0.2, -0.15) is 0 Å². The van der Waals surface area contributed by atoms with Crippen molar-refractivity contribution in [3.05, 3.63) is 56.6 Å². The number of benzene rings is 2. The van der Waals surface area contributed by atoms with Crippen molar-refractivity contribution in [2.75, 3.05) is 19.6 Å². The first kappa shape index (κ1) is 17.4. The van der Waals surface area contributed by atoms with Crippen LogP contribution in [0.5, 0.6) is 0 Å². The normalized spacial score (nSPS) is 15.4. The molecule has 140 valence electrons. The molecule has 0 saturated carbocycles. The van der Waals surface area contributed by atoms with Crippen LogP contribution in [0.1, 0.15) is 19.3 Å². The predicted molar refractivity (Wildman–Crippen MR) is 103 cm³/mol. The quantitative estimate of drug-likeness (QED) is 0.499. The summed E-state index contributed by atoms with van der Waals surface area (Å²) in [7, 11) is 0. The fourth-order valence-corrected chi connectivity index (χ4v) is 3.97. The molecule has 4 rings (SSSR count). The van der Waals surface area contributed by atoms with E-state index in [4.69, 9.17) is 0 Å². The van der Waals surface area contributed by atoms with Gasteiger partial charge in [0.2, 0.25) is 0 Å². The smallest absolute Gasteiger partial charge is 0.270 e. The van der Waals surface area contributed by atoms with E-state index in [2.05, 4.69) is 9.47 Å². The number of nitro benzene ring substituents is 2. The van der Waals surface area contributed by atoms with Crippen LogP contribution in [-0.4, -0.2) is 38.9 Å². The van der Waals surface area contributed by atoms with Crippen molar-refractivity contribution in [1.82, 2.24) is 9.47 Å². The summed E-state index contributed by atoms with van der Waals surface area (Å²) in [5.41, 5.74) is 1.72. The second-order valence-corrected chi connectivity index (χ2v) is 6.97. The van der Waals surface area contributed by atoms with Gasteiger partial charge in [0.15, 0.2) is 0 Å². The molecule has 1 fully saturated rings. The molecule has 0 radical (unpaired) electrons. The summed E-state index contributed by atoms with van der Waals surface area (Å²) in [4.78, 5) is 23.9. The molecule has 8 heteroatoms. The molecule has 2 heterocycles. The number of fused-ring (bicyclic) bond motifs is 3. The molecule has 1 saturated heterocycles. The summed E-state index contributed by atoms with van der Waals surface area (Å²) in [6, 6.07) is 9.50. The van der Waals surface area contributed by atoms with E-state index in [1.807, 2.05) is 0 Å². The van der Waals surface area contributed by atoms with Crippen LogP contribution in [-0.2, 0) is 6.54 Å². The van der Waals surface area contributed by atoms with Crippen molar-refractivity contribution in [1.29, 1.82) is 0 Å². The summed E-state index contributed by atoms with van der Waals surface area (Å²) in [5.74, 6) is 0. The highest BCUT2D eigenvalue weighted by Crippen LogP contribution is 2.34. The van der Waals surface area contributed by atoms with E-state index in [-0.39, 0.29) is 11.4 Å². The van der Waals surface area contributed by atoms with Crippen LogP contribution in [0.3, 0.4) is 0 Å². The van der Waals surface area contributed by atoms with E-state index < -0.39 is 9.85 Å². The van der Waals surface area contributed by atoms with Crippen molar-refractivity contribution in [2.45, 2.75) is 25.8 Å². The summed E-state index contributed by atoms with van der Waals surface area (Å²) in [6.45, 7) is 3.82. The van der Waals surface area contributed by atoms with Crippen LogP contribution in [0, 0.1) is 20.2 Å². The Morgan fingerprint density at radius 2 is 1.30 bits per heavy atom. The number of likely N-dealkylation sites (tertiary alicyclic amines) is 1. The van der Waals surface area contributed by atoms with Crippen molar-refractivity contribution in [3.63, 3.8) is 0 Å². The number of nitro groups is 2. The molecule has 3 aromatic rings. The zero-order valence-corrected chi connectivity index (χ0v) is 14.8. The van der Waals surface area contributed by atoms with E-state index in [0.717, 1.165) is 37.2 Å².